The number of rotatable bonds is 8. The lowest BCUT2D eigenvalue weighted by atomic mass is 10.0. The van der Waals surface area contributed by atoms with E-state index < -0.39 is 40.5 Å². The van der Waals surface area contributed by atoms with Crippen LogP contribution in [0.4, 0.5) is 5.69 Å². The van der Waals surface area contributed by atoms with Gasteiger partial charge in [-0.25, -0.2) is 18.4 Å². The molecule has 0 saturated carbocycles. The third kappa shape index (κ3) is 6.89. The lowest BCUT2D eigenvalue weighted by Gasteiger charge is -2.21. The zero-order valence-corrected chi connectivity index (χ0v) is 19.2. The van der Waals surface area contributed by atoms with Crippen molar-refractivity contribution in [3.8, 4) is 0 Å². The van der Waals surface area contributed by atoms with Crippen molar-refractivity contribution in [3.63, 3.8) is 0 Å². The number of nitrogens with one attached hydrogen (secondary N) is 2. The molecule has 2 amide bonds. The van der Waals surface area contributed by atoms with Crippen LogP contribution in [0.25, 0.3) is 0 Å². The highest BCUT2D eigenvalue weighted by atomic mass is 32.2. The van der Waals surface area contributed by atoms with Crippen LogP contribution in [0.1, 0.15) is 35.3 Å². The molecule has 0 aliphatic rings. The fraction of sp³-hybridized carbons (Fsp3) is 0.318. The quantitative estimate of drug-likeness (QED) is 0.512. The number of nitrogens with two attached hydrogens (primary N) is 1. The van der Waals surface area contributed by atoms with Gasteiger partial charge < -0.3 is 15.4 Å². The highest BCUT2D eigenvalue weighted by molar-refractivity contribution is 7.89. The minimum absolute atomic E-state index is 0.119. The molecular weight excluding hydrogens is 434 g/mol. The molecule has 0 spiro atoms. The molecule has 0 aromatic heterocycles. The van der Waals surface area contributed by atoms with Gasteiger partial charge in [0.2, 0.25) is 10.0 Å². The molecule has 0 saturated heterocycles. The molecule has 2 rings (SSSR count). The average Bonchev–Trinajstić information content (AvgIpc) is 2.71. The summed E-state index contributed by atoms with van der Waals surface area (Å²) < 4.78 is 28.3. The van der Waals surface area contributed by atoms with Crippen LogP contribution in [0, 0.1) is 19.8 Å². The lowest BCUT2D eigenvalue weighted by molar-refractivity contribution is -0.150. The Bertz CT molecular complexity index is 1110. The average molecular weight is 462 g/mol. The van der Waals surface area contributed by atoms with Gasteiger partial charge >= 0.3 is 5.97 Å². The summed E-state index contributed by atoms with van der Waals surface area (Å²) in [5.74, 6) is -2.14. The Labute approximate surface area is 187 Å². The predicted octanol–water partition coefficient (Wildman–Crippen LogP) is 1.89. The molecule has 32 heavy (non-hydrogen) atoms. The molecule has 4 N–H and O–H groups in total. The fourth-order valence-corrected chi connectivity index (χ4v) is 3.64. The molecule has 0 radical (unpaired) electrons. The summed E-state index contributed by atoms with van der Waals surface area (Å²) in [7, 11) is -3.95. The number of anilines is 1. The van der Waals surface area contributed by atoms with Crippen molar-refractivity contribution >= 4 is 33.5 Å². The van der Waals surface area contributed by atoms with Crippen molar-refractivity contribution in [1.29, 1.82) is 0 Å². The predicted molar refractivity (Wildman–Crippen MR) is 119 cm³/mol. The molecule has 2 aromatic carbocycles. The van der Waals surface area contributed by atoms with E-state index in [4.69, 9.17) is 9.88 Å². The van der Waals surface area contributed by atoms with Gasteiger partial charge in [-0.2, -0.15) is 0 Å². The number of primary sulfonamides is 1. The number of esters is 1. The molecule has 2 aromatic rings. The normalized spacial score (nSPS) is 12.2. The summed E-state index contributed by atoms with van der Waals surface area (Å²) >= 11 is 0. The molecule has 9 nitrogen and oxygen atoms in total. The lowest BCUT2D eigenvalue weighted by Crippen LogP contribution is -2.45. The van der Waals surface area contributed by atoms with Crippen molar-refractivity contribution in [2.75, 3.05) is 11.9 Å². The molecule has 1 atom stereocenters. The van der Waals surface area contributed by atoms with Gasteiger partial charge in [-0.15, -0.1) is 0 Å². The SMILES string of the molecule is Cc1ccc(C(=O)NC(C(=O)OCC(=O)Nc2ccc(C)c(S(N)(=O)=O)c2)C(C)C)cc1. The number of sulfonamides is 1. The van der Waals surface area contributed by atoms with E-state index in [1.54, 1.807) is 45.0 Å². The van der Waals surface area contributed by atoms with Gasteiger partial charge in [-0.3, -0.25) is 9.59 Å². The number of carbonyl (C=O) groups is 3. The number of amides is 2. The van der Waals surface area contributed by atoms with E-state index in [0.29, 0.717) is 11.1 Å². The number of hydrogen-bond acceptors (Lipinski definition) is 6. The van der Waals surface area contributed by atoms with Gasteiger partial charge in [0.1, 0.15) is 6.04 Å². The maximum atomic E-state index is 12.5. The monoisotopic (exact) mass is 461 g/mol. The number of carbonyl (C=O) groups excluding carboxylic acids is 3. The Morgan fingerprint density at radius 3 is 2.22 bits per heavy atom. The molecule has 0 aliphatic heterocycles. The van der Waals surface area contributed by atoms with Crippen LogP contribution in [0.2, 0.25) is 0 Å². The second-order valence-corrected chi connectivity index (χ2v) is 9.27. The summed E-state index contributed by atoms with van der Waals surface area (Å²) in [6, 6.07) is 10.1. The summed E-state index contributed by atoms with van der Waals surface area (Å²) in [4.78, 5) is 37.0. The number of aryl methyl sites for hydroxylation is 2. The summed E-state index contributed by atoms with van der Waals surface area (Å²) in [5.41, 5.74) is 2.02. The van der Waals surface area contributed by atoms with Crippen molar-refractivity contribution in [2.45, 2.75) is 38.6 Å². The van der Waals surface area contributed by atoms with Gasteiger partial charge in [0.25, 0.3) is 11.8 Å². The molecule has 0 fully saturated rings. The number of ether oxygens (including phenoxy) is 1. The zero-order chi connectivity index (χ0) is 24.1. The maximum absolute atomic E-state index is 12.5. The van der Waals surface area contributed by atoms with Crippen LogP contribution < -0.4 is 15.8 Å². The van der Waals surface area contributed by atoms with Crippen LogP contribution in [0.15, 0.2) is 47.4 Å². The van der Waals surface area contributed by atoms with Crippen LogP contribution in [-0.2, 0) is 24.3 Å². The van der Waals surface area contributed by atoms with E-state index in [9.17, 15) is 22.8 Å². The molecule has 0 aliphatic carbocycles. The first-order valence-electron chi connectivity index (χ1n) is 9.86. The molecular formula is C22H27N3O6S. The van der Waals surface area contributed by atoms with Gasteiger partial charge in [-0.1, -0.05) is 37.6 Å². The third-order valence-corrected chi connectivity index (χ3v) is 5.70. The zero-order valence-electron chi connectivity index (χ0n) is 18.3. The second-order valence-electron chi connectivity index (χ2n) is 7.74. The van der Waals surface area contributed by atoms with E-state index in [1.807, 2.05) is 6.92 Å². The van der Waals surface area contributed by atoms with Crippen LogP contribution in [-0.4, -0.2) is 38.9 Å². The molecule has 0 bridgehead atoms. The van der Waals surface area contributed by atoms with E-state index in [1.165, 1.54) is 18.2 Å². The van der Waals surface area contributed by atoms with Gasteiger partial charge in [0.05, 0.1) is 4.90 Å². The summed E-state index contributed by atoms with van der Waals surface area (Å²) in [6.45, 7) is 6.34. The molecule has 1 unspecified atom stereocenters. The van der Waals surface area contributed by atoms with Crippen molar-refractivity contribution in [2.24, 2.45) is 11.1 Å². The first-order chi connectivity index (χ1) is 14.9. The Balaban J connectivity index is 1.99. The first-order valence-corrected chi connectivity index (χ1v) is 11.4. The topological polar surface area (TPSA) is 145 Å². The van der Waals surface area contributed by atoms with Crippen molar-refractivity contribution in [3.05, 3.63) is 59.2 Å². The van der Waals surface area contributed by atoms with E-state index in [0.717, 1.165) is 5.56 Å². The van der Waals surface area contributed by atoms with E-state index in [-0.39, 0.29) is 16.5 Å². The Kier molecular flexibility index (Phi) is 8.12. The fourth-order valence-electron chi connectivity index (χ4n) is 2.84. The molecule has 10 heteroatoms. The van der Waals surface area contributed by atoms with Crippen LogP contribution in [0.3, 0.4) is 0 Å². The summed E-state index contributed by atoms with van der Waals surface area (Å²) in [5, 5.41) is 10.2. The van der Waals surface area contributed by atoms with E-state index in [2.05, 4.69) is 10.6 Å². The van der Waals surface area contributed by atoms with Gasteiger partial charge in [0, 0.05) is 11.3 Å². The largest absolute Gasteiger partial charge is 0.454 e. The highest BCUT2D eigenvalue weighted by Gasteiger charge is 2.27. The van der Waals surface area contributed by atoms with Crippen molar-refractivity contribution in [1.82, 2.24) is 5.32 Å². The van der Waals surface area contributed by atoms with Crippen LogP contribution >= 0.6 is 0 Å². The van der Waals surface area contributed by atoms with Gasteiger partial charge in [-0.05, 0) is 49.6 Å². The Morgan fingerprint density at radius 2 is 1.66 bits per heavy atom. The Hall–Kier alpha value is -3.24. The standard InChI is InChI=1S/C22H27N3O6S/c1-13(2)20(25-21(27)16-8-5-14(3)6-9-16)22(28)31-12-19(26)24-17-10-7-15(4)18(11-17)32(23,29)30/h5-11,13,20H,12H2,1-4H3,(H,24,26)(H,25,27)(H2,23,29,30). The Morgan fingerprint density at radius 1 is 1.03 bits per heavy atom. The third-order valence-electron chi connectivity index (χ3n) is 4.64. The summed E-state index contributed by atoms with van der Waals surface area (Å²) in [6.07, 6.45) is 0. The minimum Gasteiger partial charge on any atom is -0.454 e. The van der Waals surface area contributed by atoms with Crippen molar-refractivity contribution < 1.29 is 27.5 Å². The van der Waals surface area contributed by atoms with Crippen LogP contribution in [0.5, 0.6) is 0 Å². The maximum Gasteiger partial charge on any atom is 0.329 e. The second kappa shape index (κ2) is 10.4. The van der Waals surface area contributed by atoms with Gasteiger partial charge in [0.15, 0.2) is 6.61 Å². The van der Waals surface area contributed by atoms with E-state index >= 15 is 0 Å². The highest BCUT2D eigenvalue weighted by Crippen LogP contribution is 2.19. The smallest absolute Gasteiger partial charge is 0.329 e. The number of benzene rings is 2. The number of hydrogen-bond donors (Lipinski definition) is 3. The minimum atomic E-state index is -3.95. The first kappa shape index (κ1) is 25.0. The molecule has 172 valence electrons. The molecule has 0 heterocycles.